The number of carbonyl (C=O) groups is 5. The highest BCUT2D eigenvalue weighted by Crippen LogP contribution is 2.53. The Morgan fingerprint density at radius 1 is 1.11 bits per heavy atom. The lowest BCUT2D eigenvalue weighted by molar-refractivity contribution is -0.148. The van der Waals surface area contributed by atoms with Gasteiger partial charge in [0.15, 0.2) is 11.4 Å². The molecule has 0 heterocycles. The third kappa shape index (κ3) is 4.93. The number of benzene rings is 2. The molecule has 45 heavy (non-hydrogen) atoms. The fraction of sp³-hybridized carbons (Fsp3) is 0.344. The molecule has 2 aromatic carbocycles. The molecular formula is C32H33N3O10. The number of nitrogens with two attached hydrogens (primary N) is 1. The number of Topliss-reactive ketones (excluding diaryl/α,β-unsaturated/α-hetero) is 2. The van der Waals surface area contributed by atoms with Crippen molar-refractivity contribution in [2.24, 2.45) is 17.6 Å². The van der Waals surface area contributed by atoms with E-state index in [1.807, 2.05) is 0 Å². The molecule has 4 atom stereocenters. The molecule has 0 saturated carbocycles. The van der Waals surface area contributed by atoms with Crippen LogP contribution in [0, 0.1) is 11.8 Å². The second kappa shape index (κ2) is 11.5. The average molecular weight is 620 g/mol. The lowest BCUT2D eigenvalue weighted by Crippen LogP contribution is -2.63. The number of allylic oxidation sites excluding steroid dienone is 1. The number of likely N-dealkylation sites (N-methyl/N-ethyl adjacent to an activating group) is 1. The number of carbonyl (C=O) groups excluding carboxylic acids is 5. The van der Waals surface area contributed by atoms with E-state index in [9.17, 15) is 44.4 Å². The van der Waals surface area contributed by atoms with Crippen LogP contribution in [0.2, 0.25) is 0 Å². The number of amides is 2. The normalized spacial score (nSPS) is 24.2. The van der Waals surface area contributed by atoms with Gasteiger partial charge in [0.2, 0.25) is 5.78 Å². The summed E-state index contributed by atoms with van der Waals surface area (Å²) in [7, 11) is 3.11. The molecule has 4 unspecified atom stereocenters. The van der Waals surface area contributed by atoms with Gasteiger partial charge >= 0.3 is 5.97 Å². The van der Waals surface area contributed by atoms with Crippen molar-refractivity contribution in [3.63, 3.8) is 0 Å². The predicted molar refractivity (Wildman–Crippen MR) is 158 cm³/mol. The average Bonchev–Trinajstić information content (AvgIpc) is 2.97. The third-order valence-electron chi connectivity index (χ3n) is 8.74. The van der Waals surface area contributed by atoms with Gasteiger partial charge in [-0.25, -0.2) is 0 Å². The van der Waals surface area contributed by atoms with E-state index in [0.717, 1.165) is 0 Å². The van der Waals surface area contributed by atoms with Crippen molar-refractivity contribution in [2.45, 2.75) is 31.4 Å². The molecule has 5 rings (SSSR count). The summed E-state index contributed by atoms with van der Waals surface area (Å²) in [5.41, 5.74) is 3.02. The first kappa shape index (κ1) is 31.4. The van der Waals surface area contributed by atoms with Crippen LogP contribution in [0.3, 0.4) is 0 Å². The summed E-state index contributed by atoms with van der Waals surface area (Å²) in [5, 5.41) is 47.5. The van der Waals surface area contributed by atoms with E-state index in [1.165, 1.54) is 11.0 Å². The Morgan fingerprint density at radius 3 is 2.47 bits per heavy atom. The molecule has 7 N–H and O–H groups in total. The summed E-state index contributed by atoms with van der Waals surface area (Å²) in [4.78, 5) is 65.5. The van der Waals surface area contributed by atoms with Crippen LogP contribution < -0.4 is 11.1 Å². The van der Waals surface area contributed by atoms with Crippen LogP contribution >= 0.6 is 0 Å². The highest BCUT2D eigenvalue weighted by molar-refractivity contribution is 6.25. The number of aliphatic hydroxyl groups excluding tert-OH is 2. The highest BCUT2D eigenvalue weighted by atomic mass is 16.5. The van der Waals surface area contributed by atoms with E-state index in [-0.39, 0.29) is 42.7 Å². The number of aromatic hydroxyl groups is 1. The van der Waals surface area contributed by atoms with Gasteiger partial charge in [0.05, 0.1) is 18.2 Å². The molecule has 0 bridgehead atoms. The molecule has 0 fully saturated rings. The number of rotatable bonds is 7. The molecule has 13 nitrogen and oxygen atoms in total. The number of hydrogen-bond acceptors (Lipinski definition) is 11. The van der Waals surface area contributed by atoms with Gasteiger partial charge in [-0.2, -0.15) is 0 Å². The van der Waals surface area contributed by atoms with Gasteiger partial charge in [-0.15, -0.1) is 0 Å². The van der Waals surface area contributed by atoms with Gasteiger partial charge in [-0.3, -0.25) is 28.9 Å². The Kier molecular flexibility index (Phi) is 8.02. The molecule has 2 aromatic rings. The van der Waals surface area contributed by atoms with Gasteiger partial charge in [0.1, 0.15) is 29.4 Å². The number of esters is 1. The van der Waals surface area contributed by atoms with Crippen LogP contribution in [0.25, 0.3) is 11.1 Å². The first-order valence-corrected chi connectivity index (χ1v) is 14.3. The quantitative estimate of drug-likeness (QED) is 0.190. The molecule has 2 amide bonds. The van der Waals surface area contributed by atoms with Crippen LogP contribution in [-0.2, 0) is 25.5 Å². The Morgan fingerprint density at radius 2 is 1.82 bits per heavy atom. The van der Waals surface area contributed by atoms with Crippen molar-refractivity contribution >= 4 is 29.4 Å². The number of ketones is 2. The topological polar surface area (TPSA) is 217 Å². The lowest BCUT2D eigenvalue weighted by atomic mass is 9.58. The first-order valence-electron chi connectivity index (χ1n) is 14.3. The third-order valence-corrected chi connectivity index (χ3v) is 8.74. The van der Waals surface area contributed by atoms with E-state index in [1.54, 1.807) is 51.4 Å². The molecule has 0 radical (unpaired) electrons. The first-order chi connectivity index (χ1) is 21.2. The number of ether oxygens (including phenoxy) is 1. The number of nitrogens with zero attached hydrogens (tertiary/aromatic N) is 1. The van der Waals surface area contributed by atoms with Crippen molar-refractivity contribution in [1.29, 1.82) is 0 Å². The fourth-order valence-corrected chi connectivity index (χ4v) is 6.82. The predicted octanol–water partition coefficient (Wildman–Crippen LogP) is 1.08. The molecular weight excluding hydrogens is 586 g/mol. The Bertz CT molecular complexity index is 1730. The van der Waals surface area contributed by atoms with E-state index >= 15 is 0 Å². The number of primary amides is 1. The van der Waals surface area contributed by atoms with E-state index in [2.05, 4.69) is 5.32 Å². The molecule has 0 saturated heterocycles. The van der Waals surface area contributed by atoms with Crippen LogP contribution in [-0.4, -0.2) is 93.6 Å². The molecule has 3 aliphatic carbocycles. The van der Waals surface area contributed by atoms with Crippen molar-refractivity contribution in [3.8, 4) is 16.9 Å². The SMILES string of the molecule is CCOC(=O)CNC(=O)c1cccc(-c2ccc(O)c3c2CC2CC4C(N(C)C)C(O)=C(C(N)=O)C(=O)C4(O)C(O)=C2C3=O)c1. The lowest BCUT2D eigenvalue weighted by Gasteiger charge is -2.50. The van der Waals surface area contributed by atoms with E-state index < -0.39 is 75.7 Å². The zero-order valence-electron chi connectivity index (χ0n) is 24.8. The zero-order valence-corrected chi connectivity index (χ0v) is 24.8. The maximum absolute atomic E-state index is 14.0. The van der Waals surface area contributed by atoms with Gasteiger partial charge in [0, 0.05) is 17.1 Å². The Balaban J connectivity index is 1.59. The maximum Gasteiger partial charge on any atom is 0.325 e. The minimum atomic E-state index is -2.73. The number of phenolic OH excluding ortho intramolecular Hbond substituents is 1. The number of nitrogens with one attached hydrogen (secondary N) is 1. The van der Waals surface area contributed by atoms with E-state index in [0.29, 0.717) is 16.7 Å². The van der Waals surface area contributed by atoms with Gasteiger partial charge in [-0.1, -0.05) is 18.2 Å². The Labute approximate surface area is 257 Å². The van der Waals surface area contributed by atoms with E-state index in [4.69, 9.17) is 10.5 Å². The maximum atomic E-state index is 14.0. The monoisotopic (exact) mass is 619 g/mol. The summed E-state index contributed by atoms with van der Waals surface area (Å²) in [5.74, 6) is -8.46. The summed E-state index contributed by atoms with van der Waals surface area (Å²) >= 11 is 0. The van der Waals surface area contributed by atoms with Gasteiger partial charge in [0.25, 0.3) is 11.8 Å². The molecule has 0 aromatic heterocycles. The number of aliphatic hydroxyl groups is 3. The van der Waals surface area contributed by atoms with Crippen molar-refractivity contribution in [1.82, 2.24) is 10.2 Å². The number of hydrogen-bond donors (Lipinski definition) is 6. The van der Waals surface area contributed by atoms with Gasteiger partial charge < -0.3 is 36.2 Å². The summed E-state index contributed by atoms with van der Waals surface area (Å²) in [6.07, 6.45) is 0.0225. The smallest absolute Gasteiger partial charge is 0.325 e. The second-order valence-corrected chi connectivity index (χ2v) is 11.5. The highest BCUT2D eigenvalue weighted by Gasteiger charge is 2.63. The minimum absolute atomic E-state index is 0.0584. The number of phenols is 1. The van der Waals surface area contributed by atoms with Crippen molar-refractivity contribution in [2.75, 3.05) is 27.2 Å². The Hall–Kier alpha value is -5.01. The molecule has 0 aliphatic heterocycles. The molecule has 236 valence electrons. The zero-order chi connectivity index (χ0) is 33.0. The molecule has 13 heteroatoms. The largest absolute Gasteiger partial charge is 0.510 e. The van der Waals surface area contributed by atoms with Crippen LogP contribution in [0.4, 0.5) is 0 Å². The van der Waals surface area contributed by atoms with Crippen molar-refractivity contribution in [3.05, 3.63) is 75.8 Å². The minimum Gasteiger partial charge on any atom is -0.510 e. The van der Waals surface area contributed by atoms with Crippen LogP contribution in [0.1, 0.15) is 39.6 Å². The molecule has 3 aliphatic rings. The second-order valence-electron chi connectivity index (χ2n) is 11.5. The standard InChI is InChI=1S/C32H33N3O10/c1-4-45-21(37)13-34-31(43)15-7-5-6-14(10-15)17-8-9-20(36)23-18(17)11-16-12-19-25(35(2)3)27(39)24(30(33)42)29(41)32(19,44)28(40)22(16)26(23)38/h5-10,16,19,25,36,39-40,44H,4,11-13H2,1-3H3,(H2,33,42)(H,34,43). The number of fused-ring (bicyclic) bond motifs is 3. The van der Waals surface area contributed by atoms with Gasteiger partial charge in [-0.05, 0) is 74.7 Å². The summed E-state index contributed by atoms with van der Waals surface area (Å²) in [6, 6.07) is 8.21. The summed E-state index contributed by atoms with van der Waals surface area (Å²) < 4.78 is 4.84. The summed E-state index contributed by atoms with van der Waals surface area (Å²) in [6.45, 7) is 1.49. The van der Waals surface area contributed by atoms with Crippen LogP contribution in [0.15, 0.2) is 59.1 Å². The van der Waals surface area contributed by atoms with Crippen LogP contribution in [0.5, 0.6) is 5.75 Å². The fourth-order valence-electron chi connectivity index (χ4n) is 6.82. The molecule has 0 spiro atoms. The van der Waals surface area contributed by atoms with Crippen molar-refractivity contribution < 1.29 is 49.1 Å².